The van der Waals surface area contributed by atoms with E-state index >= 15 is 9.59 Å². The Bertz CT molecular complexity index is 2540. The molecule has 70 heavy (non-hydrogen) atoms. The van der Waals surface area contributed by atoms with Crippen molar-refractivity contribution in [3.8, 4) is 0 Å². The fourth-order valence-electron chi connectivity index (χ4n) is 10.9. The molecule has 0 aromatic heterocycles. The summed E-state index contributed by atoms with van der Waals surface area (Å²) in [6, 6.07) is 23.9. The van der Waals surface area contributed by atoms with Crippen molar-refractivity contribution in [2.45, 2.75) is 147 Å². The Balaban J connectivity index is 1.46. The van der Waals surface area contributed by atoms with E-state index in [9.17, 15) is 34.5 Å². The van der Waals surface area contributed by atoms with E-state index < -0.39 is 139 Å². The van der Waals surface area contributed by atoms with Crippen LogP contribution in [0.15, 0.2) is 102 Å². The molecule has 4 N–H and O–H groups in total. The van der Waals surface area contributed by atoms with Crippen LogP contribution in [0.4, 0.5) is 0 Å². The molecule has 1 unspecified atom stereocenters. The van der Waals surface area contributed by atoms with E-state index in [4.69, 9.17) is 28.1 Å². The van der Waals surface area contributed by atoms with E-state index in [0.717, 1.165) is 13.8 Å². The number of carbonyl (C=O) groups is 6. The Hall–Kier alpha value is -5.56. The minimum absolute atomic E-state index is 0.0336. The molecule has 2 bridgehead atoms. The van der Waals surface area contributed by atoms with Crippen molar-refractivity contribution in [2.24, 2.45) is 16.7 Å². The van der Waals surface area contributed by atoms with Crippen molar-refractivity contribution >= 4 is 43.9 Å². The number of rotatable bonds is 12. The molecule has 16 nitrogen and oxygen atoms in total. The van der Waals surface area contributed by atoms with Gasteiger partial charge in [0.1, 0.15) is 30.0 Å². The van der Waals surface area contributed by atoms with Crippen molar-refractivity contribution in [3.05, 3.63) is 119 Å². The highest BCUT2D eigenvalue weighted by Gasteiger charge is 2.80. The first-order valence-corrected chi connectivity index (χ1v) is 26.4. The van der Waals surface area contributed by atoms with Crippen molar-refractivity contribution in [1.29, 1.82) is 0 Å². The summed E-state index contributed by atoms with van der Waals surface area (Å²) >= 11 is 0. The highest BCUT2D eigenvalue weighted by Crippen LogP contribution is 2.64. The fraction of sp³-hybridized carbons (Fsp3) is 0.509. The number of Topliss-reactive ketones (excluding diaryl/α,β-unsaturated/α-hetero) is 1. The summed E-state index contributed by atoms with van der Waals surface area (Å²) in [6.07, 6.45) is -12.8. The van der Waals surface area contributed by atoms with Crippen LogP contribution in [0.3, 0.4) is 0 Å². The molecule has 17 heteroatoms. The lowest BCUT2D eigenvalue weighted by atomic mass is 9.44. The Morgan fingerprint density at radius 3 is 1.89 bits per heavy atom. The zero-order chi connectivity index (χ0) is 51.5. The predicted octanol–water partition coefficient (Wildman–Crippen LogP) is 5.74. The van der Waals surface area contributed by atoms with Crippen LogP contribution in [-0.2, 0) is 47.3 Å². The molecule has 0 radical (unpaired) electrons. The van der Waals surface area contributed by atoms with Gasteiger partial charge < -0.3 is 48.7 Å². The SMILES string of the molecule is CC(=O)O[C@@H]1C(=O)[C@]2(C)C([C@@H](OC(=O)c3ccccc3)[C@@]3(O)C[C@@H](OC(=O)[C@@H](O[Si](C)(C)C(C)(C)C)[C@H](NC(=O)c4ccccc4)c4ccccc4)C(C)=C1C3(C)C)[C@@]1(OC(C)=O)CO[C@H]1[C@H](O)[C@H]2O. The molecular weight excluding hydrogens is 919 g/mol. The van der Waals surface area contributed by atoms with Crippen LogP contribution < -0.4 is 5.32 Å². The lowest BCUT2D eigenvalue weighted by Gasteiger charge is -2.68. The monoisotopic (exact) mass is 983 g/mol. The molecule has 7 rings (SSSR count). The molecule has 1 saturated heterocycles. The lowest BCUT2D eigenvalue weighted by Crippen LogP contribution is -2.85. The largest absolute Gasteiger partial charge is 0.456 e. The number of aliphatic hydroxyl groups excluding tert-OH is 2. The third-order valence-electron chi connectivity index (χ3n) is 15.7. The number of ketones is 1. The fourth-order valence-corrected chi connectivity index (χ4v) is 12.1. The minimum Gasteiger partial charge on any atom is -0.456 e. The topological polar surface area (TPSA) is 231 Å². The molecule has 3 aromatic rings. The third-order valence-corrected chi connectivity index (χ3v) is 20.2. The average Bonchev–Trinajstić information content (AvgIpc) is 3.29. The van der Waals surface area contributed by atoms with Crippen molar-refractivity contribution < 1.29 is 72.2 Å². The van der Waals surface area contributed by atoms with Crippen LogP contribution in [-0.4, -0.2) is 120 Å². The summed E-state index contributed by atoms with van der Waals surface area (Å²) in [4.78, 5) is 86.3. The van der Waals surface area contributed by atoms with E-state index in [0.29, 0.717) is 11.1 Å². The van der Waals surface area contributed by atoms with Gasteiger partial charge in [-0.05, 0) is 73.0 Å². The zero-order valence-electron chi connectivity index (χ0n) is 41.5. The van der Waals surface area contributed by atoms with Crippen molar-refractivity contribution in [3.63, 3.8) is 0 Å². The van der Waals surface area contributed by atoms with Gasteiger partial charge in [0.15, 0.2) is 31.9 Å². The summed E-state index contributed by atoms with van der Waals surface area (Å²) in [5.41, 5.74) is -7.54. The van der Waals surface area contributed by atoms with Crippen LogP contribution >= 0.6 is 0 Å². The van der Waals surface area contributed by atoms with E-state index in [1.165, 1.54) is 19.1 Å². The Kier molecular flexibility index (Phi) is 14.1. The molecule has 4 aliphatic rings. The van der Waals surface area contributed by atoms with Gasteiger partial charge in [0.05, 0.1) is 35.6 Å². The highest BCUT2D eigenvalue weighted by atomic mass is 28.4. The maximum atomic E-state index is 15.8. The highest BCUT2D eigenvalue weighted by molar-refractivity contribution is 6.74. The molecule has 1 heterocycles. The first-order valence-electron chi connectivity index (χ1n) is 23.5. The van der Waals surface area contributed by atoms with Gasteiger partial charge >= 0.3 is 23.9 Å². The molecular formula is C53H65NO15Si. The second kappa shape index (κ2) is 18.9. The molecule has 1 aliphatic heterocycles. The van der Waals surface area contributed by atoms with Crippen LogP contribution in [0, 0.1) is 16.7 Å². The number of benzene rings is 3. The standard InChI is InChI=1S/C53H65NO15Si/c1-29-35(66-48(62)40(69-70(10,11)49(4,5)6)37(32-21-15-12-16-22-32)54-46(60)33-23-17-13-18-24-33)27-53(63)45(67-47(61)34-25-19-14-20-26-34)41-51(9,43(59)39(65-30(2)55)36(29)50(53,7)8)42(58)38(57)44-52(41,28-64-44)68-31(3)56/h12-26,35,37-42,44-45,57-58,63H,27-28H2,1-11H3,(H,54,60)/t35-,37-,38-,39+,40+,41?,42-,44+,45-,51-,52+,53+/m1/s1. The number of carbonyl (C=O) groups excluding carboxylic acids is 6. The molecule has 3 fully saturated rings. The number of amides is 1. The van der Waals surface area contributed by atoms with Crippen LogP contribution in [0.1, 0.15) is 101 Å². The molecule has 1 amide bonds. The molecule has 3 aliphatic carbocycles. The quantitative estimate of drug-likeness (QED) is 0.0735. The second-order valence-electron chi connectivity index (χ2n) is 21.3. The van der Waals surface area contributed by atoms with Crippen molar-refractivity contribution in [1.82, 2.24) is 5.32 Å². The Labute approximate surface area is 409 Å². The van der Waals surface area contributed by atoms with Gasteiger partial charge in [-0.25, -0.2) is 9.59 Å². The second-order valence-corrected chi connectivity index (χ2v) is 26.1. The Morgan fingerprint density at radius 2 is 1.37 bits per heavy atom. The molecule has 12 atom stereocenters. The van der Waals surface area contributed by atoms with Gasteiger partial charge in [-0.1, -0.05) is 101 Å². The number of esters is 4. The average molecular weight is 984 g/mol. The van der Waals surface area contributed by atoms with Gasteiger partial charge in [0.2, 0.25) is 0 Å². The van der Waals surface area contributed by atoms with E-state index in [2.05, 4.69) is 5.32 Å². The molecule has 3 aromatic carbocycles. The lowest BCUT2D eigenvalue weighted by molar-refractivity contribution is -0.369. The summed E-state index contributed by atoms with van der Waals surface area (Å²) in [7, 11) is -2.96. The maximum absolute atomic E-state index is 15.8. The van der Waals surface area contributed by atoms with Gasteiger partial charge in [-0.15, -0.1) is 0 Å². The number of aliphatic hydroxyl groups is 3. The summed E-state index contributed by atoms with van der Waals surface area (Å²) in [5.74, 6) is -6.96. The number of hydrogen-bond acceptors (Lipinski definition) is 15. The molecule has 376 valence electrons. The normalized spacial score (nSPS) is 31.2. The van der Waals surface area contributed by atoms with E-state index in [-0.39, 0.29) is 16.7 Å². The maximum Gasteiger partial charge on any atom is 0.338 e. The number of fused-ring (bicyclic) bond motifs is 5. The summed E-state index contributed by atoms with van der Waals surface area (Å²) in [6.45, 7) is 17.5. The third kappa shape index (κ3) is 8.82. The smallest absolute Gasteiger partial charge is 0.338 e. The van der Waals surface area contributed by atoms with Crippen LogP contribution in [0.2, 0.25) is 18.1 Å². The summed E-state index contributed by atoms with van der Waals surface area (Å²) in [5, 5.41) is 40.5. The number of ether oxygens (including phenoxy) is 5. The predicted molar refractivity (Wildman–Crippen MR) is 255 cm³/mol. The molecule has 0 spiro atoms. The summed E-state index contributed by atoms with van der Waals surface area (Å²) < 4.78 is 37.8. The number of hydrogen-bond donors (Lipinski definition) is 4. The van der Waals surface area contributed by atoms with Gasteiger partial charge in [0, 0.05) is 31.2 Å². The minimum atomic E-state index is -2.96. The first-order chi connectivity index (χ1) is 32.6. The Morgan fingerprint density at radius 1 is 0.814 bits per heavy atom. The number of nitrogens with one attached hydrogen (secondary N) is 1. The van der Waals surface area contributed by atoms with Gasteiger partial charge in [-0.3, -0.25) is 19.2 Å². The van der Waals surface area contributed by atoms with Crippen LogP contribution in [0.5, 0.6) is 0 Å². The molecule has 2 saturated carbocycles. The van der Waals surface area contributed by atoms with Crippen LogP contribution in [0.25, 0.3) is 0 Å². The van der Waals surface area contributed by atoms with Gasteiger partial charge in [-0.2, -0.15) is 0 Å². The van der Waals surface area contributed by atoms with Gasteiger partial charge in [0.25, 0.3) is 5.91 Å². The zero-order valence-corrected chi connectivity index (χ0v) is 42.5. The van der Waals surface area contributed by atoms with E-state index in [1.54, 1.807) is 99.6 Å². The first kappa shape index (κ1) is 52.3. The van der Waals surface area contributed by atoms with E-state index in [1.807, 2.05) is 33.9 Å². The van der Waals surface area contributed by atoms with Crippen molar-refractivity contribution in [2.75, 3.05) is 6.61 Å².